The standard InChI is InChI=1S/C27H28N6O3/c1-17-13-23(32(2)31-17)26(34)30-21-9-12-33(16-20(21)18-7-5-4-6-8-18)27(35)19-14-22-25(24(15-19)36-3)29-11-10-28-22/h4-8,10-11,13-15,20-21H,9,12,16H2,1-3H3,(H,30,34)/t20-,21-/m1/s1. The van der Waals surface area contributed by atoms with Gasteiger partial charge in [0, 0.05) is 50.1 Å². The van der Waals surface area contributed by atoms with E-state index in [1.54, 1.807) is 49.4 Å². The van der Waals surface area contributed by atoms with Crippen molar-refractivity contribution in [2.45, 2.75) is 25.3 Å². The van der Waals surface area contributed by atoms with Crippen LogP contribution in [0, 0.1) is 6.92 Å². The Bertz CT molecular complexity index is 1420. The van der Waals surface area contributed by atoms with Crippen molar-refractivity contribution in [3.8, 4) is 5.75 Å². The number of aromatic nitrogens is 4. The van der Waals surface area contributed by atoms with Gasteiger partial charge in [-0.25, -0.2) is 4.98 Å². The second kappa shape index (κ2) is 9.77. The number of nitrogens with zero attached hydrogens (tertiary/aromatic N) is 5. The quantitative estimate of drug-likeness (QED) is 0.467. The average molecular weight is 485 g/mol. The zero-order valence-corrected chi connectivity index (χ0v) is 20.5. The molecule has 2 amide bonds. The molecule has 1 aliphatic rings. The topological polar surface area (TPSA) is 102 Å². The fourth-order valence-corrected chi connectivity index (χ4v) is 4.92. The molecule has 1 saturated heterocycles. The number of rotatable bonds is 5. The fourth-order valence-electron chi connectivity index (χ4n) is 4.92. The van der Waals surface area contributed by atoms with Crippen LogP contribution in [0.25, 0.3) is 11.0 Å². The number of aryl methyl sites for hydroxylation is 2. The maximum atomic E-state index is 13.6. The second-order valence-corrected chi connectivity index (χ2v) is 9.03. The van der Waals surface area contributed by atoms with Crippen molar-refractivity contribution in [1.82, 2.24) is 30.0 Å². The van der Waals surface area contributed by atoms with Gasteiger partial charge in [0.25, 0.3) is 11.8 Å². The minimum atomic E-state index is -0.165. The molecule has 1 fully saturated rings. The highest BCUT2D eigenvalue weighted by atomic mass is 16.5. The monoisotopic (exact) mass is 484 g/mol. The number of likely N-dealkylation sites (tertiary alicyclic amines) is 1. The van der Waals surface area contributed by atoms with Crippen molar-refractivity contribution in [2.75, 3.05) is 20.2 Å². The highest BCUT2D eigenvalue weighted by Gasteiger charge is 2.34. The Morgan fingerprint density at radius 3 is 2.58 bits per heavy atom. The summed E-state index contributed by atoms with van der Waals surface area (Å²) in [6, 6.07) is 15.1. The number of methoxy groups -OCH3 is 1. The lowest BCUT2D eigenvalue weighted by molar-refractivity contribution is 0.0670. The van der Waals surface area contributed by atoms with Gasteiger partial charge < -0.3 is 15.0 Å². The number of hydrogen-bond donors (Lipinski definition) is 1. The first kappa shape index (κ1) is 23.5. The molecule has 0 unspecified atom stereocenters. The summed E-state index contributed by atoms with van der Waals surface area (Å²) in [6.07, 6.45) is 3.82. The van der Waals surface area contributed by atoms with Crippen molar-refractivity contribution < 1.29 is 14.3 Å². The van der Waals surface area contributed by atoms with Gasteiger partial charge in [0.2, 0.25) is 0 Å². The van der Waals surface area contributed by atoms with E-state index in [2.05, 4.69) is 20.4 Å². The number of hydrogen-bond acceptors (Lipinski definition) is 6. The van der Waals surface area contributed by atoms with Crippen LogP contribution in [0.2, 0.25) is 0 Å². The van der Waals surface area contributed by atoms with E-state index in [0.29, 0.717) is 47.6 Å². The van der Waals surface area contributed by atoms with Crippen molar-refractivity contribution >= 4 is 22.8 Å². The summed E-state index contributed by atoms with van der Waals surface area (Å²) in [5.74, 6) is 0.178. The Balaban J connectivity index is 1.41. The first-order chi connectivity index (χ1) is 17.4. The summed E-state index contributed by atoms with van der Waals surface area (Å²) >= 11 is 0. The summed E-state index contributed by atoms with van der Waals surface area (Å²) < 4.78 is 7.08. The highest BCUT2D eigenvalue weighted by Crippen LogP contribution is 2.30. The van der Waals surface area contributed by atoms with E-state index in [4.69, 9.17) is 4.74 Å². The van der Waals surface area contributed by atoms with Crippen LogP contribution in [-0.4, -0.2) is 62.7 Å². The van der Waals surface area contributed by atoms with Gasteiger partial charge in [-0.1, -0.05) is 30.3 Å². The third-order valence-electron chi connectivity index (χ3n) is 6.68. The molecule has 9 heteroatoms. The van der Waals surface area contributed by atoms with E-state index in [-0.39, 0.29) is 23.8 Å². The van der Waals surface area contributed by atoms with Crippen molar-refractivity contribution in [2.24, 2.45) is 7.05 Å². The molecule has 3 heterocycles. The van der Waals surface area contributed by atoms with Crippen LogP contribution in [0.4, 0.5) is 0 Å². The first-order valence-electron chi connectivity index (χ1n) is 11.9. The third-order valence-corrected chi connectivity index (χ3v) is 6.68. The first-order valence-corrected chi connectivity index (χ1v) is 11.9. The lowest BCUT2D eigenvalue weighted by atomic mass is 9.85. The van der Waals surface area contributed by atoms with Gasteiger partial charge in [-0.3, -0.25) is 19.3 Å². The van der Waals surface area contributed by atoms with Gasteiger partial charge in [0.1, 0.15) is 17.0 Å². The molecule has 2 atom stereocenters. The van der Waals surface area contributed by atoms with E-state index in [0.717, 1.165) is 11.3 Å². The molecule has 0 saturated carbocycles. The summed E-state index contributed by atoms with van der Waals surface area (Å²) in [4.78, 5) is 37.2. The highest BCUT2D eigenvalue weighted by molar-refractivity contribution is 5.99. The van der Waals surface area contributed by atoms with E-state index >= 15 is 0 Å². The average Bonchev–Trinajstić information content (AvgIpc) is 3.26. The third kappa shape index (κ3) is 4.51. The summed E-state index contributed by atoms with van der Waals surface area (Å²) in [5, 5.41) is 7.49. The van der Waals surface area contributed by atoms with Crippen LogP contribution < -0.4 is 10.1 Å². The molecule has 2 aromatic carbocycles. The van der Waals surface area contributed by atoms with Crippen molar-refractivity contribution in [3.63, 3.8) is 0 Å². The lowest BCUT2D eigenvalue weighted by Gasteiger charge is -2.39. The fraction of sp³-hybridized carbons (Fsp3) is 0.296. The van der Waals surface area contributed by atoms with Crippen LogP contribution in [0.15, 0.2) is 60.9 Å². The molecular formula is C27H28N6O3. The summed E-state index contributed by atoms with van der Waals surface area (Å²) in [7, 11) is 3.32. The molecule has 9 nitrogen and oxygen atoms in total. The van der Waals surface area contributed by atoms with Crippen LogP contribution >= 0.6 is 0 Å². The molecule has 0 radical (unpaired) electrons. The van der Waals surface area contributed by atoms with E-state index in [9.17, 15) is 9.59 Å². The SMILES string of the molecule is COc1cc(C(=O)N2CC[C@@H](NC(=O)c3cc(C)nn3C)[C@@H](c3ccccc3)C2)cc2nccnc12. The number of nitrogens with one attached hydrogen (secondary N) is 1. The largest absolute Gasteiger partial charge is 0.494 e. The number of fused-ring (bicyclic) bond motifs is 1. The molecule has 0 bridgehead atoms. The molecular weight excluding hydrogens is 456 g/mol. The molecule has 184 valence electrons. The zero-order valence-electron chi connectivity index (χ0n) is 20.5. The van der Waals surface area contributed by atoms with Crippen LogP contribution in [-0.2, 0) is 7.05 Å². The minimum absolute atomic E-state index is 0.0654. The number of amides is 2. The normalized spacial score (nSPS) is 17.7. The number of piperidine rings is 1. The molecule has 1 N–H and O–H groups in total. The van der Waals surface area contributed by atoms with Crippen molar-refractivity contribution in [3.05, 3.63) is 83.4 Å². The molecule has 0 spiro atoms. The van der Waals surface area contributed by atoms with Crippen LogP contribution in [0.1, 0.15) is 44.4 Å². The smallest absolute Gasteiger partial charge is 0.269 e. The Labute approximate surface area is 209 Å². The van der Waals surface area contributed by atoms with Gasteiger partial charge in [0.15, 0.2) is 0 Å². The van der Waals surface area contributed by atoms with Gasteiger partial charge in [-0.05, 0) is 37.1 Å². The molecule has 2 aromatic heterocycles. The van der Waals surface area contributed by atoms with Gasteiger partial charge in [-0.15, -0.1) is 0 Å². The molecule has 36 heavy (non-hydrogen) atoms. The number of benzene rings is 2. The molecule has 5 rings (SSSR count). The van der Waals surface area contributed by atoms with E-state index in [1.807, 2.05) is 42.2 Å². The summed E-state index contributed by atoms with van der Waals surface area (Å²) in [6.45, 7) is 2.85. The number of carbonyl (C=O) groups excluding carboxylic acids is 2. The maximum absolute atomic E-state index is 13.6. The van der Waals surface area contributed by atoms with Crippen LogP contribution in [0.3, 0.4) is 0 Å². The predicted octanol–water partition coefficient (Wildman–Crippen LogP) is 3.11. The Kier molecular flexibility index (Phi) is 6.37. The second-order valence-electron chi connectivity index (χ2n) is 9.03. The van der Waals surface area contributed by atoms with E-state index in [1.165, 1.54) is 0 Å². The Hall–Kier alpha value is -4.27. The number of carbonyl (C=O) groups is 2. The van der Waals surface area contributed by atoms with Gasteiger partial charge in [-0.2, -0.15) is 5.10 Å². The maximum Gasteiger partial charge on any atom is 0.269 e. The minimum Gasteiger partial charge on any atom is -0.494 e. The Morgan fingerprint density at radius 1 is 1.08 bits per heavy atom. The molecule has 0 aliphatic carbocycles. The Morgan fingerprint density at radius 2 is 1.86 bits per heavy atom. The van der Waals surface area contributed by atoms with Gasteiger partial charge >= 0.3 is 0 Å². The molecule has 1 aliphatic heterocycles. The molecule has 4 aromatic rings. The van der Waals surface area contributed by atoms with Gasteiger partial charge in [0.05, 0.1) is 18.3 Å². The van der Waals surface area contributed by atoms with E-state index < -0.39 is 0 Å². The van der Waals surface area contributed by atoms with Crippen molar-refractivity contribution in [1.29, 1.82) is 0 Å². The lowest BCUT2D eigenvalue weighted by Crippen LogP contribution is -2.51. The predicted molar refractivity (Wildman–Crippen MR) is 135 cm³/mol. The summed E-state index contributed by atoms with van der Waals surface area (Å²) in [5.41, 5.74) is 4.10. The number of ether oxygens (including phenoxy) is 1. The van der Waals surface area contributed by atoms with Crippen LogP contribution in [0.5, 0.6) is 5.75 Å². The zero-order chi connectivity index (χ0) is 25.2.